The van der Waals surface area contributed by atoms with Gasteiger partial charge in [0.2, 0.25) is 0 Å². The minimum Gasteiger partial charge on any atom is -0.469 e. The maximum absolute atomic E-state index is 15.0. The van der Waals surface area contributed by atoms with Gasteiger partial charge < -0.3 is 33.2 Å². The molecule has 1 heterocycles. The highest BCUT2D eigenvalue weighted by atomic mass is 35.6. The zero-order valence-electron chi connectivity index (χ0n) is 37.3. The van der Waals surface area contributed by atoms with Gasteiger partial charge in [-0.3, -0.25) is 24.0 Å². The van der Waals surface area contributed by atoms with Crippen LogP contribution in [-0.2, 0) is 61.9 Å². The lowest BCUT2D eigenvalue weighted by Crippen LogP contribution is -2.68. The van der Waals surface area contributed by atoms with E-state index >= 15 is 4.79 Å². The molecule has 0 bridgehead atoms. The first-order valence-electron chi connectivity index (χ1n) is 21.5. The van der Waals surface area contributed by atoms with Crippen LogP contribution < -0.4 is 0 Å². The van der Waals surface area contributed by atoms with Crippen LogP contribution in [0.5, 0.6) is 0 Å². The molecule has 5 fully saturated rings. The van der Waals surface area contributed by atoms with Crippen LogP contribution in [0.1, 0.15) is 127 Å². The number of hydrogen-bond acceptors (Lipinski definition) is 13. The third-order valence-electron chi connectivity index (χ3n) is 16.6. The van der Waals surface area contributed by atoms with E-state index in [4.69, 9.17) is 68.0 Å². The van der Waals surface area contributed by atoms with Gasteiger partial charge in [-0.25, -0.2) is 4.79 Å². The van der Waals surface area contributed by atoms with Gasteiger partial charge in [-0.2, -0.15) is 0 Å². The molecule has 0 spiro atoms. The number of fused-ring (bicyclic) bond motifs is 7. The molecule has 5 aliphatic carbocycles. The average molecular weight is 918 g/mol. The Balaban J connectivity index is 1.34. The van der Waals surface area contributed by atoms with Gasteiger partial charge in [-0.15, -0.1) is 0 Å². The molecule has 14 atom stereocenters. The minimum atomic E-state index is -2.55. The van der Waals surface area contributed by atoms with E-state index in [1.807, 2.05) is 13.0 Å². The Kier molecular flexibility index (Phi) is 13.0. The Hall–Kier alpha value is -2.45. The summed E-state index contributed by atoms with van der Waals surface area (Å²) in [4.78, 5) is 78.2. The van der Waals surface area contributed by atoms with Crippen LogP contribution in [0, 0.1) is 50.2 Å². The summed E-state index contributed by atoms with van der Waals surface area (Å²) in [6.45, 7) is 18.5. The largest absolute Gasteiger partial charge is 0.469 e. The zero-order chi connectivity index (χ0) is 45.5. The zero-order valence-corrected chi connectivity index (χ0v) is 39.6. The number of esters is 5. The van der Waals surface area contributed by atoms with Crippen molar-refractivity contribution in [1.82, 2.24) is 0 Å². The predicted octanol–water partition coefficient (Wildman–Crippen LogP) is 7.96. The molecule has 61 heavy (non-hydrogen) atoms. The lowest BCUT2D eigenvalue weighted by Gasteiger charge is -2.70. The molecule has 0 aromatic heterocycles. The van der Waals surface area contributed by atoms with E-state index in [1.54, 1.807) is 0 Å². The summed E-state index contributed by atoms with van der Waals surface area (Å²) in [7, 11) is 1.45. The van der Waals surface area contributed by atoms with Gasteiger partial charge >= 0.3 is 29.8 Å². The summed E-state index contributed by atoms with van der Waals surface area (Å²) < 4.78 is 38.1. The van der Waals surface area contributed by atoms with Crippen LogP contribution in [0.15, 0.2) is 11.6 Å². The number of carbonyl (C=O) groups is 6. The van der Waals surface area contributed by atoms with Gasteiger partial charge in [-0.1, -0.05) is 81.9 Å². The Bertz CT molecular complexity index is 1840. The van der Waals surface area contributed by atoms with Crippen molar-refractivity contribution in [3.63, 3.8) is 0 Å². The van der Waals surface area contributed by atoms with Crippen molar-refractivity contribution in [2.24, 2.45) is 50.2 Å². The van der Waals surface area contributed by atoms with Gasteiger partial charge in [0.05, 0.1) is 18.6 Å². The third-order valence-corrected chi connectivity index (χ3v) is 17.1. The summed E-state index contributed by atoms with van der Waals surface area (Å²) in [5.74, 6) is -3.85. The van der Waals surface area contributed by atoms with Crippen LogP contribution in [0.25, 0.3) is 0 Å². The standard InChI is InChI=1S/C45H63Cl3O13/c1-23(49)56-22-29-32(57-24(2)50)33(58-25(3)51)34(61-38(54)45(46,47)48)36(59-29)60-31-13-14-42(8)30(39(31,4)5)12-15-44(10)35(42)28(52)20-26-27-21-41(7,37(53)55-11)17-16-40(27,6)18-19-43(26,44)9/h20,27,29-36H,12-19,21-22H2,1-11H3/t27?,29-,30?,31?,32-,33+,34-,35?,36-,40-,41+,42+,43-,44-/m1/s1. The van der Waals surface area contributed by atoms with Crippen LogP contribution in [0.3, 0.4) is 0 Å². The summed E-state index contributed by atoms with van der Waals surface area (Å²) in [5.41, 5.74) is -1.13. The van der Waals surface area contributed by atoms with Crippen LogP contribution in [0.4, 0.5) is 0 Å². The molecule has 1 aliphatic heterocycles. The molecule has 0 aromatic rings. The van der Waals surface area contributed by atoms with Gasteiger partial charge in [-0.05, 0) is 110 Å². The third kappa shape index (κ3) is 8.27. The number of methoxy groups -OCH3 is 1. The summed E-state index contributed by atoms with van der Waals surface area (Å²) in [6.07, 6.45) is 1.06. The maximum Gasteiger partial charge on any atom is 0.359 e. The predicted molar refractivity (Wildman–Crippen MR) is 223 cm³/mol. The highest BCUT2D eigenvalue weighted by molar-refractivity contribution is 6.75. The maximum atomic E-state index is 15.0. The van der Waals surface area contributed by atoms with E-state index in [0.29, 0.717) is 19.3 Å². The van der Waals surface area contributed by atoms with Crippen LogP contribution in [0.2, 0.25) is 0 Å². The molecular weight excluding hydrogens is 855 g/mol. The van der Waals surface area contributed by atoms with E-state index in [-0.39, 0.29) is 45.8 Å². The molecule has 6 aliphatic rings. The van der Waals surface area contributed by atoms with Gasteiger partial charge in [0.25, 0.3) is 3.79 Å². The highest BCUT2D eigenvalue weighted by Gasteiger charge is 2.71. The molecule has 1 saturated heterocycles. The molecule has 4 saturated carbocycles. The molecule has 6 rings (SSSR count). The molecule has 0 amide bonds. The number of halogens is 3. The Labute approximate surface area is 374 Å². The topological polar surface area (TPSA) is 167 Å². The van der Waals surface area contributed by atoms with Gasteiger partial charge in [0, 0.05) is 26.7 Å². The summed E-state index contributed by atoms with van der Waals surface area (Å²) >= 11 is 17.8. The smallest absolute Gasteiger partial charge is 0.359 e. The molecule has 4 unspecified atom stereocenters. The molecule has 0 N–H and O–H groups in total. The van der Waals surface area contributed by atoms with Crippen molar-refractivity contribution in [2.45, 2.75) is 168 Å². The Morgan fingerprint density at radius 3 is 2.00 bits per heavy atom. The lowest BCUT2D eigenvalue weighted by molar-refractivity contribution is -0.332. The number of carbonyl (C=O) groups excluding carboxylic acids is 6. The molecule has 16 heteroatoms. The Morgan fingerprint density at radius 2 is 1.41 bits per heavy atom. The molecular formula is C45H63Cl3O13. The first kappa shape index (κ1) is 48.0. The van der Waals surface area contributed by atoms with Crippen molar-refractivity contribution < 1.29 is 61.9 Å². The fourth-order valence-electron chi connectivity index (χ4n) is 13.3. The van der Waals surface area contributed by atoms with Crippen molar-refractivity contribution in [3.8, 4) is 0 Å². The fraction of sp³-hybridized carbons (Fsp3) is 0.822. The summed E-state index contributed by atoms with van der Waals surface area (Å²) in [6, 6.07) is 0. The number of allylic oxidation sites excluding steroid dienone is 2. The minimum absolute atomic E-state index is 0.0170. The quantitative estimate of drug-likeness (QED) is 0.0997. The van der Waals surface area contributed by atoms with Crippen molar-refractivity contribution in [2.75, 3.05) is 13.7 Å². The molecule has 13 nitrogen and oxygen atoms in total. The number of ketones is 1. The highest BCUT2D eigenvalue weighted by Crippen LogP contribution is 2.75. The van der Waals surface area contributed by atoms with Gasteiger partial charge in [0.15, 0.2) is 30.4 Å². The first-order valence-corrected chi connectivity index (χ1v) is 22.6. The molecule has 0 aromatic carbocycles. The van der Waals surface area contributed by atoms with E-state index in [9.17, 15) is 24.0 Å². The second kappa shape index (κ2) is 16.5. The van der Waals surface area contributed by atoms with E-state index in [0.717, 1.165) is 52.4 Å². The van der Waals surface area contributed by atoms with Crippen LogP contribution in [-0.4, -0.2) is 89.9 Å². The van der Waals surface area contributed by atoms with Gasteiger partial charge in [0.1, 0.15) is 12.7 Å². The van der Waals surface area contributed by atoms with Crippen molar-refractivity contribution >= 4 is 70.4 Å². The van der Waals surface area contributed by atoms with E-state index in [2.05, 4.69) is 41.5 Å². The van der Waals surface area contributed by atoms with Crippen molar-refractivity contribution in [1.29, 1.82) is 0 Å². The fourth-order valence-corrected chi connectivity index (χ4v) is 13.4. The molecule has 0 radical (unpaired) electrons. The Morgan fingerprint density at radius 1 is 0.787 bits per heavy atom. The van der Waals surface area contributed by atoms with E-state index in [1.165, 1.54) is 19.6 Å². The molecule has 342 valence electrons. The normalized spacial score (nSPS) is 42.8. The SMILES string of the molecule is COC(=O)[C@@]1(C)CC[C@]2(C)CC[C@]3(C)C(=CC(=O)C4[C@@]5(C)CCC(O[C@H]6O[C@H](COC(C)=O)[C@@H](OC(C)=O)[C@H](OC(C)=O)[C@H]6OC(=O)C(Cl)(Cl)Cl)C(C)(C)C5CC[C@]43C)C2C1. The average Bonchev–Trinajstić information content (AvgIpc) is 3.14. The monoisotopic (exact) mass is 916 g/mol. The summed E-state index contributed by atoms with van der Waals surface area (Å²) in [5, 5.41) is 0. The lowest BCUT2D eigenvalue weighted by atomic mass is 9.33. The number of alkyl halides is 3. The van der Waals surface area contributed by atoms with Crippen molar-refractivity contribution in [3.05, 3.63) is 11.6 Å². The number of rotatable bonds is 8. The first-order chi connectivity index (χ1) is 28.1. The van der Waals surface area contributed by atoms with Crippen LogP contribution >= 0.6 is 34.8 Å². The number of hydrogen-bond donors (Lipinski definition) is 0. The number of ether oxygens (including phenoxy) is 7. The van der Waals surface area contributed by atoms with E-state index < -0.39 is 87.3 Å². The second-order valence-electron chi connectivity index (χ2n) is 20.6. The second-order valence-corrected chi connectivity index (χ2v) is 22.9.